The van der Waals surface area contributed by atoms with E-state index in [0.717, 1.165) is 0 Å². The number of fused-ring (bicyclic) bond motifs is 1. The molecule has 0 aromatic heterocycles. The maximum absolute atomic E-state index is 11.2. The van der Waals surface area contributed by atoms with E-state index < -0.39 is 10.1 Å². The first-order valence-electron chi connectivity index (χ1n) is 4.73. The van der Waals surface area contributed by atoms with Crippen LogP contribution in [0.3, 0.4) is 0 Å². The van der Waals surface area contributed by atoms with Gasteiger partial charge in [-0.2, -0.15) is 8.42 Å². The van der Waals surface area contributed by atoms with E-state index in [-0.39, 0.29) is 4.90 Å². The summed E-state index contributed by atoms with van der Waals surface area (Å²) in [5, 5.41) is 3.32. The highest BCUT2D eigenvalue weighted by Gasteiger charge is 2.15. The lowest BCUT2D eigenvalue weighted by Crippen LogP contribution is -2.02. The van der Waals surface area contributed by atoms with E-state index >= 15 is 0 Å². The van der Waals surface area contributed by atoms with Crippen molar-refractivity contribution in [2.24, 2.45) is 0 Å². The maximum atomic E-state index is 11.2. The molecule has 2 rings (SSSR count). The molecule has 0 saturated heterocycles. The van der Waals surface area contributed by atoms with Gasteiger partial charge in [-0.25, -0.2) is 0 Å². The van der Waals surface area contributed by atoms with Crippen molar-refractivity contribution in [3.8, 4) is 0 Å². The van der Waals surface area contributed by atoms with Crippen LogP contribution in [0.4, 0.5) is 5.69 Å². The average molecular weight is 251 g/mol. The monoisotopic (exact) mass is 251 g/mol. The molecule has 17 heavy (non-hydrogen) atoms. The lowest BCUT2D eigenvalue weighted by atomic mass is 10.1. The molecule has 0 atom stereocenters. The van der Waals surface area contributed by atoms with Crippen molar-refractivity contribution in [1.29, 1.82) is 0 Å². The molecule has 0 aliphatic carbocycles. The molecule has 2 N–H and O–H groups in total. The Kier molecular flexibility index (Phi) is 2.83. The van der Waals surface area contributed by atoms with Gasteiger partial charge in [0.2, 0.25) is 6.41 Å². The van der Waals surface area contributed by atoms with Gasteiger partial charge in [-0.1, -0.05) is 24.3 Å². The Hall–Kier alpha value is -1.92. The normalized spacial score (nSPS) is 11.4. The minimum atomic E-state index is -4.33. The second kappa shape index (κ2) is 4.15. The van der Waals surface area contributed by atoms with Gasteiger partial charge in [-0.3, -0.25) is 9.35 Å². The quantitative estimate of drug-likeness (QED) is 0.641. The largest absolute Gasteiger partial charge is 0.328 e. The molecular formula is C11H9NO4S. The summed E-state index contributed by atoms with van der Waals surface area (Å²) in [6.45, 7) is 0. The molecule has 2 aromatic carbocycles. The molecule has 0 spiro atoms. The Morgan fingerprint density at radius 1 is 1.12 bits per heavy atom. The van der Waals surface area contributed by atoms with Gasteiger partial charge in [0.1, 0.15) is 4.90 Å². The highest BCUT2D eigenvalue weighted by atomic mass is 32.2. The topological polar surface area (TPSA) is 83.5 Å². The SMILES string of the molecule is O=CNc1cccc2cccc(S(=O)(=O)O)c12. The Bertz CT molecular complexity index is 674. The van der Waals surface area contributed by atoms with Crippen LogP contribution in [-0.2, 0) is 14.9 Å². The van der Waals surface area contributed by atoms with E-state index in [1.54, 1.807) is 24.3 Å². The molecule has 6 heteroatoms. The highest BCUT2D eigenvalue weighted by Crippen LogP contribution is 2.29. The van der Waals surface area contributed by atoms with Crippen molar-refractivity contribution in [2.45, 2.75) is 4.90 Å². The number of hydrogen-bond acceptors (Lipinski definition) is 3. The molecule has 0 fully saturated rings. The zero-order chi connectivity index (χ0) is 12.5. The number of benzene rings is 2. The predicted molar refractivity (Wildman–Crippen MR) is 63.4 cm³/mol. The van der Waals surface area contributed by atoms with Crippen LogP contribution in [0, 0.1) is 0 Å². The molecular weight excluding hydrogens is 242 g/mol. The Morgan fingerprint density at radius 3 is 2.35 bits per heavy atom. The van der Waals surface area contributed by atoms with E-state index in [0.29, 0.717) is 22.9 Å². The highest BCUT2D eigenvalue weighted by molar-refractivity contribution is 7.86. The lowest BCUT2D eigenvalue weighted by molar-refractivity contribution is -0.105. The predicted octanol–water partition coefficient (Wildman–Crippen LogP) is 1.65. The summed E-state index contributed by atoms with van der Waals surface area (Å²) in [4.78, 5) is 10.2. The first kappa shape index (κ1) is 11.6. The van der Waals surface area contributed by atoms with Crippen LogP contribution in [-0.4, -0.2) is 19.4 Å². The molecule has 0 saturated carbocycles. The van der Waals surface area contributed by atoms with Crippen molar-refractivity contribution in [2.75, 3.05) is 5.32 Å². The lowest BCUT2D eigenvalue weighted by Gasteiger charge is -2.08. The van der Waals surface area contributed by atoms with Gasteiger partial charge < -0.3 is 5.32 Å². The van der Waals surface area contributed by atoms with Crippen molar-refractivity contribution in [3.63, 3.8) is 0 Å². The van der Waals surface area contributed by atoms with Crippen LogP contribution < -0.4 is 5.32 Å². The van der Waals surface area contributed by atoms with Gasteiger partial charge in [-0.05, 0) is 17.5 Å². The second-order valence-electron chi connectivity index (χ2n) is 3.40. The van der Waals surface area contributed by atoms with Gasteiger partial charge in [0, 0.05) is 11.1 Å². The third-order valence-electron chi connectivity index (χ3n) is 2.36. The van der Waals surface area contributed by atoms with Crippen molar-refractivity contribution in [3.05, 3.63) is 36.4 Å². The Balaban J connectivity index is 2.90. The molecule has 0 aliphatic rings. The smallest absolute Gasteiger partial charge is 0.295 e. The maximum Gasteiger partial charge on any atom is 0.295 e. The third kappa shape index (κ3) is 2.13. The average Bonchev–Trinajstić information content (AvgIpc) is 2.28. The van der Waals surface area contributed by atoms with E-state index in [9.17, 15) is 13.2 Å². The zero-order valence-corrected chi connectivity index (χ0v) is 9.44. The first-order chi connectivity index (χ1) is 8.04. The summed E-state index contributed by atoms with van der Waals surface area (Å²) < 4.78 is 31.6. The molecule has 0 bridgehead atoms. The summed E-state index contributed by atoms with van der Waals surface area (Å²) in [6.07, 6.45) is 0.454. The van der Waals surface area contributed by atoms with E-state index in [1.807, 2.05) is 0 Å². The molecule has 0 heterocycles. The van der Waals surface area contributed by atoms with Crippen molar-refractivity contribution >= 4 is 33.0 Å². The number of carbonyl (C=O) groups excluding carboxylic acids is 1. The number of amides is 1. The standard InChI is InChI=1S/C11H9NO4S/c13-7-12-9-5-1-3-8-4-2-6-10(11(8)9)17(14,15)16/h1-7H,(H,12,13)(H,14,15,16). The van der Waals surface area contributed by atoms with Crippen LogP contribution in [0.1, 0.15) is 0 Å². The number of hydrogen-bond donors (Lipinski definition) is 2. The van der Waals surface area contributed by atoms with E-state index in [4.69, 9.17) is 4.55 Å². The fourth-order valence-electron chi connectivity index (χ4n) is 1.71. The minimum Gasteiger partial charge on any atom is -0.328 e. The van der Waals surface area contributed by atoms with Gasteiger partial charge in [-0.15, -0.1) is 0 Å². The summed E-state index contributed by atoms with van der Waals surface area (Å²) in [5.41, 5.74) is 0.339. The van der Waals surface area contributed by atoms with Crippen LogP contribution in [0.2, 0.25) is 0 Å². The summed E-state index contributed by atoms with van der Waals surface area (Å²) in [5.74, 6) is 0. The van der Waals surface area contributed by atoms with Gasteiger partial charge >= 0.3 is 0 Å². The van der Waals surface area contributed by atoms with Crippen molar-refractivity contribution in [1.82, 2.24) is 0 Å². The fraction of sp³-hybridized carbons (Fsp3) is 0. The van der Waals surface area contributed by atoms with Crippen LogP contribution in [0.5, 0.6) is 0 Å². The van der Waals surface area contributed by atoms with Crippen LogP contribution in [0.15, 0.2) is 41.3 Å². The number of nitrogens with one attached hydrogen (secondary N) is 1. The molecule has 2 aromatic rings. The van der Waals surface area contributed by atoms with Crippen LogP contribution in [0.25, 0.3) is 10.8 Å². The van der Waals surface area contributed by atoms with Gasteiger partial charge in [0.05, 0.1) is 0 Å². The van der Waals surface area contributed by atoms with Crippen LogP contribution >= 0.6 is 0 Å². The second-order valence-corrected chi connectivity index (χ2v) is 4.79. The minimum absolute atomic E-state index is 0.222. The van der Waals surface area contributed by atoms with Crippen molar-refractivity contribution < 1.29 is 17.8 Å². The van der Waals surface area contributed by atoms with Gasteiger partial charge in [0.15, 0.2) is 0 Å². The molecule has 5 nitrogen and oxygen atoms in total. The Labute approximate surface area is 97.8 Å². The number of carbonyl (C=O) groups is 1. The first-order valence-corrected chi connectivity index (χ1v) is 6.17. The number of anilines is 1. The molecule has 0 unspecified atom stereocenters. The summed E-state index contributed by atoms with van der Waals surface area (Å²) in [7, 11) is -4.33. The molecule has 88 valence electrons. The van der Waals surface area contributed by atoms with Gasteiger partial charge in [0.25, 0.3) is 10.1 Å². The number of rotatable bonds is 3. The molecule has 0 aliphatic heterocycles. The zero-order valence-electron chi connectivity index (χ0n) is 8.62. The fourth-order valence-corrected chi connectivity index (χ4v) is 2.44. The summed E-state index contributed by atoms with van der Waals surface area (Å²) in [6, 6.07) is 9.44. The van der Waals surface area contributed by atoms with E-state index in [2.05, 4.69) is 5.32 Å². The third-order valence-corrected chi connectivity index (χ3v) is 3.25. The summed E-state index contributed by atoms with van der Waals surface area (Å²) >= 11 is 0. The molecule has 1 amide bonds. The van der Waals surface area contributed by atoms with E-state index in [1.165, 1.54) is 12.1 Å². The molecule has 0 radical (unpaired) electrons. The Morgan fingerprint density at radius 2 is 1.76 bits per heavy atom.